The van der Waals surface area contributed by atoms with Crippen LogP contribution in [-0.4, -0.2) is 31.2 Å². The van der Waals surface area contributed by atoms with Gasteiger partial charge in [0.1, 0.15) is 0 Å². The molecule has 1 amide bonds. The second-order valence-electron chi connectivity index (χ2n) is 5.17. The first-order valence-corrected chi connectivity index (χ1v) is 6.81. The fraction of sp³-hybridized carbons (Fsp3) is 0.533. The third kappa shape index (κ3) is 4.78. The highest BCUT2D eigenvalue weighted by atomic mass is 35.5. The Balaban J connectivity index is 0.00000200. The van der Waals surface area contributed by atoms with Gasteiger partial charge < -0.3 is 15.8 Å². The number of amides is 1. The fourth-order valence-corrected chi connectivity index (χ4v) is 2.55. The molecule has 1 saturated carbocycles. The van der Waals surface area contributed by atoms with Gasteiger partial charge in [-0.1, -0.05) is 30.3 Å². The minimum Gasteiger partial charge on any atom is -0.381 e. The summed E-state index contributed by atoms with van der Waals surface area (Å²) in [6.07, 6.45) is 3.72. The summed E-state index contributed by atoms with van der Waals surface area (Å²) < 4.78 is 5.30. The molecule has 112 valence electrons. The average Bonchev–Trinajstić information content (AvgIpc) is 2.87. The van der Waals surface area contributed by atoms with Crippen molar-refractivity contribution in [1.29, 1.82) is 0 Å². The molecule has 1 aromatic carbocycles. The fourth-order valence-electron chi connectivity index (χ4n) is 2.55. The Labute approximate surface area is 126 Å². The molecule has 20 heavy (non-hydrogen) atoms. The van der Waals surface area contributed by atoms with Gasteiger partial charge in [-0.15, -0.1) is 12.4 Å². The molecule has 3 unspecified atom stereocenters. The highest BCUT2D eigenvalue weighted by molar-refractivity contribution is 5.85. The van der Waals surface area contributed by atoms with Crippen LogP contribution in [-0.2, 0) is 16.0 Å². The summed E-state index contributed by atoms with van der Waals surface area (Å²) in [5.74, 6) is -0.0643. The van der Waals surface area contributed by atoms with Crippen LogP contribution in [0.1, 0.15) is 24.8 Å². The van der Waals surface area contributed by atoms with E-state index in [0.717, 1.165) is 24.8 Å². The highest BCUT2D eigenvalue weighted by Crippen LogP contribution is 2.21. The smallest absolute Gasteiger partial charge is 0.237 e. The standard InChI is InChI=1S/C15H22N2O2.ClH/c1-19-13-8-7-12(10-13)17-15(18)14(16)9-11-5-3-2-4-6-11;/h2-6,12-14H,7-10,16H2,1H3,(H,17,18);1H. The molecule has 1 aliphatic carbocycles. The number of nitrogens with two attached hydrogens (primary N) is 1. The normalized spacial score (nSPS) is 22.9. The van der Waals surface area contributed by atoms with Gasteiger partial charge >= 0.3 is 0 Å². The Morgan fingerprint density at radius 2 is 2.10 bits per heavy atom. The number of carbonyl (C=O) groups is 1. The quantitative estimate of drug-likeness (QED) is 0.869. The molecule has 0 heterocycles. The van der Waals surface area contributed by atoms with Crippen molar-refractivity contribution in [3.05, 3.63) is 35.9 Å². The van der Waals surface area contributed by atoms with Crippen molar-refractivity contribution in [1.82, 2.24) is 5.32 Å². The molecule has 4 nitrogen and oxygen atoms in total. The number of hydrogen-bond acceptors (Lipinski definition) is 3. The summed E-state index contributed by atoms with van der Waals surface area (Å²) in [6.45, 7) is 0. The van der Waals surface area contributed by atoms with E-state index in [9.17, 15) is 4.79 Å². The molecule has 0 spiro atoms. The lowest BCUT2D eigenvalue weighted by atomic mass is 10.1. The van der Waals surface area contributed by atoms with Crippen molar-refractivity contribution >= 4 is 18.3 Å². The van der Waals surface area contributed by atoms with Crippen LogP contribution in [0.15, 0.2) is 30.3 Å². The number of ether oxygens (including phenoxy) is 1. The minimum absolute atomic E-state index is 0. The lowest BCUT2D eigenvalue weighted by molar-refractivity contribution is -0.123. The topological polar surface area (TPSA) is 64.3 Å². The van der Waals surface area contributed by atoms with Crippen molar-refractivity contribution in [2.24, 2.45) is 5.73 Å². The lowest BCUT2D eigenvalue weighted by Crippen LogP contribution is -2.45. The number of rotatable bonds is 5. The number of halogens is 1. The molecule has 2 rings (SSSR count). The molecule has 1 aliphatic rings. The van der Waals surface area contributed by atoms with Crippen molar-refractivity contribution < 1.29 is 9.53 Å². The Bertz CT molecular complexity index is 414. The number of benzene rings is 1. The van der Waals surface area contributed by atoms with Gasteiger partial charge in [-0.05, 0) is 31.2 Å². The summed E-state index contributed by atoms with van der Waals surface area (Å²) in [5.41, 5.74) is 7.04. The molecule has 0 aliphatic heterocycles. The summed E-state index contributed by atoms with van der Waals surface area (Å²) >= 11 is 0. The van der Waals surface area contributed by atoms with Crippen LogP contribution in [0, 0.1) is 0 Å². The molecular formula is C15H23ClN2O2. The number of carbonyl (C=O) groups excluding carboxylic acids is 1. The predicted molar refractivity (Wildman–Crippen MR) is 81.9 cm³/mol. The van der Waals surface area contributed by atoms with E-state index in [1.165, 1.54) is 0 Å². The highest BCUT2D eigenvalue weighted by Gasteiger charge is 2.27. The van der Waals surface area contributed by atoms with Crippen molar-refractivity contribution in [3.63, 3.8) is 0 Å². The molecule has 3 N–H and O–H groups in total. The maximum atomic E-state index is 12.0. The van der Waals surface area contributed by atoms with Gasteiger partial charge in [0.15, 0.2) is 0 Å². The van der Waals surface area contributed by atoms with E-state index in [4.69, 9.17) is 10.5 Å². The largest absolute Gasteiger partial charge is 0.381 e. The first-order chi connectivity index (χ1) is 9.19. The third-order valence-electron chi connectivity index (χ3n) is 3.70. The second-order valence-corrected chi connectivity index (χ2v) is 5.17. The monoisotopic (exact) mass is 298 g/mol. The number of hydrogen-bond donors (Lipinski definition) is 2. The van der Waals surface area contributed by atoms with E-state index in [1.54, 1.807) is 7.11 Å². The molecule has 0 saturated heterocycles. The Morgan fingerprint density at radius 1 is 1.40 bits per heavy atom. The molecular weight excluding hydrogens is 276 g/mol. The Kier molecular flexibility index (Phi) is 6.99. The van der Waals surface area contributed by atoms with E-state index in [-0.39, 0.29) is 30.5 Å². The Morgan fingerprint density at radius 3 is 2.70 bits per heavy atom. The van der Waals surface area contributed by atoms with Crippen molar-refractivity contribution in [3.8, 4) is 0 Å². The van der Waals surface area contributed by atoms with Crippen LogP contribution in [0.4, 0.5) is 0 Å². The maximum absolute atomic E-state index is 12.0. The van der Waals surface area contributed by atoms with Crippen molar-refractivity contribution in [2.75, 3.05) is 7.11 Å². The summed E-state index contributed by atoms with van der Waals surface area (Å²) in [7, 11) is 1.72. The van der Waals surface area contributed by atoms with Gasteiger partial charge in [0.05, 0.1) is 12.1 Å². The molecule has 0 radical (unpaired) electrons. The zero-order valence-electron chi connectivity index (χ0n) is 11.7. The van der Waals surface area contributed by atoms with Crippen molar-refractivity contribution in [2.45, 2.75) is 43.9 Å². The number of methoxy groups -OCH3 is 1. The first-order valence-electron chi connectivity index (χ1n) is 6.81. The predicted octanol–water partition coefficient (Wildman–Crippen LogP) is 1.66. The Hall–Kier alpha value is -1.10. The van der Waals surface area contributed by atoms with E-state index in [0.29, 0.717) is 6.42 Å². The van der Waals surface area contributed by atoms with Crippen LogP contribution < -0.4 is 11.1 Å². The van der Waals surface area contributed by atoms with Crippen LogP contribution in [0.2, 0.25) is 0 Å². The van der Waals surface area contributed by atoms with Crippen LogP contribution >= 0.6 is 12.4 Å². The zero-order valence-corrected chi connectivity index (χ0v) is 12.6. The van der Waals surface area contributed by atoms with E-state index >= 15 is 0 Å². The third-order valence-corrected chi connectivity index (χ3v) is 3.70. The average molecular weight is 299 g/mol. The minimum atomic E-state index is -0.482. The maximum Gasteiger partial charge on any atom is 0.237 e. The second kappa shape index (κ2) is 8.25. The number of nitrogens with one attached hydrogen (secondary N) is 1. The van der Waals surface area contributed by atoms with Gasteiger partial charge in [-0.2, -0.15) is 0 Å². The van der Waals surface area contributed by atoms with Gasteiger partial charge in [0.25, 0.3) is 0 Å². The van der Waals surface area contributed by atoms with E-state index in [2.05, 4.69) is 5.32 Å². The molecule has 0 aromatic heterocycles. The molecule has 0 bridgehead atoms. The van der Waals surface area contributed by atoms with Gasteiger partial charge in [0.2, 0.25) is 5.91 Å². The SMILES string of the molecule is COC1CCC(NC(=O)C(N)Cc2ccccc2)C1.Cl. The van der Waals surface area contributed by atoms with Gasteiger partial charge in [-0.3, -0.25) is 4.79 Å². The van der Waals surface area contributed by atoms with E-state index in [1.807, 2.05) is 30.3 Å². The summed E-state index contributed by atoms with van der Waals surface area (Å²) in [4.78, 5) is 12.0. The summed E-state index contributed by atoms with van der Waals surface area (Å²) in [6, 6.07) is 9.58. The van der Waals surface area contributed by atoms with Crippen LogP contribution in [0.25, 0.3) is 0 Å². The van der Waals surface area contributed by atoms with Gasteiger partial charge in [-0.25, -0.2) is 0 Å². The lowest BCUT2D eigenvalue weighted by Gasteiger charge is -2.17. The molecule has 1 fully saturated rings. The van der Waals surface area contributed by atoms with Crippen LogP contribution in [0.5, 0.6) is 0 Å². The summed E-state index contributed by atoms with van der Waals surface area (Å²) in [5, 5.41) is 3.02. The van der Waals surface area contributed by atoms with E-state index < -0.39 is 6.04 Å². The first kappa shape index (κ1) is 17.0. The van der Waals surface area contributed by atoms with Crippen LogP contribution in [0.3, 0.4) is 0 Å². The molecule has 5 heteroatoms. The van der Waals surface area contributed by atoms with Gasteiger partial charge in [0, 0.05) is 13.2 Å². The molecule has 3 atom stereocenters. The molecule has 1 aromatic rings. The zero-order chi connectivity index (χ0) is 13.7.